The van der Waals surface area contributed by atoms with Gasteiger partial charge in [-0.25, -0.2) is 4.68 Å². The molecule has 0 aliphatic carbocycles. The lowest BCUT2D eigenvalue weighted by molar-refractivity contribution is 0.275. The molecule has 0 saturated heterocycles. The van der Waals surface area contributed by atoms with Crippen LogP contribution in [-0.2, 0) is 19.6 Å². The van der Waals surface area contributed by atoms with Crippen molar-refractivity contribution in [1.82, 2.24) is 15.0 Å². The lowest BCUT2D eigenvalue weighted by Gasteiger charge is -2.10. The standard InChI is InChI=1S/C15H21N3O2/c1-11(2)9-18-15(14(10-19)16-17-18)8-12-4-6-13(20-3)7-5-12/h4-7,11,19H,8-10H2,1-3H3. The van der Waals surface area contributed by atoms with E-state index >= 15 is 0 Å². The van der Waals surface area contributed by atoms with Crippen molar-refractivity contribution in [2.75, 3.05) is 7.11 Å². The van der Waals surface area contributed by atoms with Gasteiger partial charge in [0.15, 0.2) is 0 Å². The van der Waals surface area contributed by atoms with E-state index < -0.39 is 0 Å². The van der Waals surface area contributed by atoms with Crippen molar-refractivity contribution in [1.29, 1.82) is 0 Å². The van der Waals surface area contributed by atoms with Crippen molar-refractivity contribution in [3.63, 3.8) is 0 Å². The molecule has 0 aliphatic heterocycles. The average molecular weight is 275 g/mol. The van der Waals surface area contributed by atoms with E-state index in [4.69, 9.17) is 4.74 Å². The van der Waals surface area contributed by atoms with Gasteiger partial charge in [0.2, 0.25) is 0 Å². The van der Waals surface area contributed by atoms with E-state index in [1.165, 1.54) is 0 Å². The van der Waals surface area contributed by atoms with Gasteiger partial charge in [-0.15, -0.1) is 5.10 Å². The van der Waals surface area contributed by atoms with Gasteiger partial charge in [0.05, 0.1) is 19.4 Å². The molecule has 1 aromatic heterocycles. The van der Waals surface area contributed by atoms with Crippen molar-refractivity contribution >= 4 is 0 Å². The number of benzene rings is 1. The van der Waals surface area contributed by atoms with Crippen LogP contribution in [0.15, 0.2) is 24.3 Å². The molecule has 0 spiro atoms. The summed E-state index contributed by atoms with van der Waals surface area (Å²) in [4.78, 5) is 0. The molecule has 20 heavy (non-hydrogen) atoms. The maximum Gasteiger partial charge on any atom is 0.118 e. The third kappa shape index (κ3) is 3.36. The van der Waals surface area contributed by atoms with E-state index in [-0.39, 0.29) is 6.61 Å². The highest BCUT2D eigenvalue weighted by Gasteiger charge is 2.13. The summed E-state index contributed by atoms with van der Waals surface area (Å²) in [5, 5.41) is 17.6. The van der Waals surface area contributed by atoms with Crippen LogP contribution >= 0.6 is 0 Å². The van der Waals surface area contributed by atoms with E-state index in [1.54, 1.807) is 7.11 Å². The van der Waals surface area contributed by atoms with Crippen LogP contribution in [0.3, 0.4) is 0 Å². The molecule has 0 unspecified atom stereocenters. The molecule has 1 aromatic carbocycles. The average Bonchev–Trinajstić information content (AvgIpc) is 2.81. The number of nitrogens with zero attached hydrogens (tertiary/aromatic N) is 3. The van der Waals surface area contributed by atoms with Crippen LogP contribution in [-0.4, -0.2) is 27.2 Å². The van der Waals surface area contributed by atoms with E-state index in [2.05, 4.69) is 24.2 Å². The van der Waals surface area contributed by atoms with Crippen LogP contribution in [0, 0.1) is 5.92 Å². The fraction of sp³-hybridized carbons (Fsp3) is 0.467. The Bertz CT molecular complexity index is 547. The monoisotopic (exact) mass is 275 g/mol. The zero-order valence-corrected chi connectivity index (χ0v) is 12.2. The number of rotatable bonds is 6. The molecule has 0 fully saturated rings. The van der Waals surface area contributed by atoms with Gasteiger partial charge in [0, 0.05) is 13.0 Å². The summed E-state index contributed by atoms with van der Waals surface area (Å²) in [7, 11) is 1.65. The van der Waals surface area contributed by atoms with E-state index in [1.807, 2.05) is 28.9 Å². The fourth-order valence-corrected chi connectivity index (χ4v) is 2.11. The summed E-state index contributed by atoms with van der Waals surface area (Å²) < 4.78 is 7.05. The second-order valence-corrected chi connectivity index (χ2v) is 5.24. The SMILES string of the molecule is COc1ccc(Cc2c(CO)nnn2CC(C)C)cc1. The van der Waals surface area contributed by atoms with Crippen LogP contribution in [0.1, 0.15) is 30.8 Å². The first-order valence-corrected chi connectivity index (χ1v) is 6.79. The van der Waals surface area contributed by atoms with Crippen LogP contribution in [0.2, 0.25) is 0 Å². The number of aromatic nitrogens is 3. The van der Waals surface area contributed by atoms with Crippen LogP contribution < -0.4 is 4.74 Å². The quantitative estimate of drug-likeness (QED) is 0.876. The minimum Gasteiger partial charge on any atom is -0.497 e. The number of aliphatic hydroxyl groups is 1. The second kappa shape index (κ2) is 6.52. The van der Waals surface area contributed by atoms with Gasteiger partial charge in [0.25, 0.3) is 0 Å². The molecule has 2 aromatic rings. The van der Waals surface area contributed by atoms with Crippen molar-refractivity contribution in [2.24, 2.45) is 5.92 Å². The highest BCUT2D eigenvalue weighted by atomic mass is 16.5. The predicted octanol–water partition coefficient (Wildman–Crippen LogP) is 2.03. The van der Waals surface area contributed by atoms with Gasteiger partial charge in [0.1, 0.15) is 11.4 Å². The summed E-state index contributed by atoms with van der Waals surface area (Å²) in [5.41, 5.74) is 2.78. The number of methoxy groups -OCH3 is 1. The lowest BCUT2D eigenvalue weighted by atomic mass is 10.1. The zero-order chi connectivity index (χ0) is 14.5. The molecule has 0 amide bonds. The molecule has 0 bridgehead atoms. The Balaban J connectivity index is 2.23. The minimum atomic E-state index is -0.0798. The Kier molecular flexibility index (Phi) is 4.74. The fourth-order valence-electron chi connectivity index (χ4n) is 2.11. The Morgan fingerprint density at radius 1 is 1.25 bits per heavy atom. The molecule has 108 valence electrons. The van der Waals surface area contributed by atoms with Gasteiger partial charge in [-0.05, 0) is 23.6 Å². The van der Waals surface area contributed by atoms with Gasteiger partial charge >= 0.3 is 0 Å². The molecule has 1 heterocycles. The Morgan fingerprint density at radius 2 is 1.95 bits per heavy atom. The lowest BCUT2D eigenvalue weighted by Crippen LogP contribution is -2.11. The maximum atomic E-state index is 9.39. The summed E-state index contributed by atoms with van der Waals surface area (Å²) in [5.74, 6) is 1.32. The Hall–Kier alpha value is -1.88. The first-order valence-electron chi connectivity index (χ1n) is 6.79. The largest absolute Gasteiger partial charge is 0.497 e. The number of ether oxygens (including phenoxy) is 1. The molecule has 2 rings (SSSR count). The maximum absolute atomic E-state index is 9.39. The topological polar surface area (TPSA) is 60.2 Å². The Morgan fingerprint density at radius 3 is 2.50 bits per heavy atom. The smallest absolute Gasteiger partial charge is 0.118 e. The molecule has 1 N–H and O–H groups in total. The third-order valence-corrected chi connectivity index (χ3v) is 3.14. The highest BCUT2D eigenvalue weighted by molar-refractivity contribution is 5.30. The van der Waals surface area contributed by atoms with Crippen molar-refractivity contribution in [2.45, 2.75) is 33.4 Å². The van der Waals surface area contributed by atoms with Crippen LogP contribution in [0.5, 0.6) is 5.75 Å². The first-order chi connectivity index (χ1) is 9.63. The second-order valence-electron chi connectivity index (χ2n) is 5.24. The molecule has 0 saturated carbocycles. The van der Waals surface area contributed by atoms with Gasteiger partial charge in [-0.3, -0.25) is 0 Å². The van der Waals surface area contributed by atoms with Crippen LogP contribution in [0.25, 0.3) is 0 Å². The number of hydrogen-bond acceptors (Lipinski definition) is 4. The molecule has 0 atom stereocenters. The molecule has 0 aliphatic rings. The highest BCUT2D eigenvalue weighted by Crippen LogP contribution is 2.17. The molecule has 5 nitrogen and oxygen atoms in total. The number of hydrogen-bond donors (Lipinski definition) is 1. The summed E-state index contributed by atoms with van der Waals surface area (Å²) in [6.45, 7) is 5.00. The summed E-state index contributed by atoms with van der Waals surface area (Å²) in [6.07, 6.45) is 0.708. The van der Waals surface area contributed by atoms with Crippen molar-refractivity contribution in [3.05, 3.63) is 41.2 Å². The molecule has 0 radical (unpaired) electrons. The van der Waals surface area contributed by atoms with E-state index in [0.29, 0.717) is 18.0 Å². The zero-order valence-electron chi connectivity index (χ0n) is 12.2. The Labute approximate surface area is 119 Å². The van der Waals surface area contributed by atoms with Gasteiger partial charge in [-0.1, -0.05) is 31.2 Å². The van der Waals surface area contributed by atoms with Gasteiger partial charge in [-0.2, -0.15) is 0 Å². The normalized spacial score (nSPS) is 11.1. The van der Waals surface area contributed by atoms with Crippen molar-refractivity contribution < 1.29 is 9.84 Å². The van der Waals surface area contributed by atoms with E-state index in [0.717, 1.165) is 23.6 Å². The molecular formula is C15H21N3O2. The van der Waals surface area contributed by atoms with Crippen molar-refractivity contribution in [3.8, 4) is 5.75 Å². The van der Waals surface area contributed by atoms with E-state index in [9.17, 15) is 5.11 Å². The molecule has 5 heteroatoms. The first kappa shape index (κ1) is 14.5. The summed E-state index contributed by atoms with van der Waals surface area (Å²) >= 11 is 0. The predicted molar refractivity (Wildman–Crippen MR) is 76.6 cm³/mol. The third-order valence-electron chi connectivity index (χ3n) is 3.14. The number of aliphatic hydroxyl groups excluding tert-OH is 1. The summed E-state index contributed by atoms with van der Waals surface area (Å²) in [6, 6.07) is 7.91. The molecular weight excluding hydrogens is 254 g/mol. The van der Waals surface area contributed by atoms with Crippen LogP contribution in [0.4, 0.5) is 0 Å². The minimum absolute atomic E-state index is 0.0798. The van der Waals surface area contributed by atoms with Gasteiger partial charge < -0.3 is 9.84 Å².